The molecule has 1 saturated heterocycles. The molecule has 0 bridgehead atoms. The van der Waals surface area contributed by atoms with Crippen LogP contribution >= 0.6 is 0 Å². The molecule has 1 amide bonds. The molecule has 2 unspecified atom stereocenters. The highest BCUT2D eigenvalue weighted by atomic mass is 16.4. The average Bonchev–Trinajstić information content (AvgIpc) is 2.96. The Labute approximate surface area is 124 Å². The SMILES string of the molecule is O=C(O)c1ccc(CC(=O)N2CCCC3CCCC32)cc1. The van der Waals surface area contributed by atoms with Crippen LogP contribution in [0.25, 0.3) is 0 Å². The van der Waals surface area contributed by atoms with Crippen LogP contribution in [-0.4, -0.2) is 34.5 Å². The van der Waals surface area contributed by atoms with Gasteiger partial charge in [-0.2, -0.15) is 0 Å². The molecular formula is C17H21NO3. The number of nitrogens with zero attached hydrogens (tertiary/aromatic N) is 1. The molecule has 1 aliphatic heterocycles. The molecule has 0 radical (unpaired) electrons. The number of benzene rings is 1. The van der Waals surface area contributed by atoms with Crippen molar-refractivity contribution in [2.75, 3.05) is 6.54 Å². The van der Waals surface area contributed by atoms with E-state index in [-0.39, 0.29) is 11.5 Å². The predicted octanol–water partition coefficient (Wildman–Crippen LogP) is 2.72. The number of hydrogen-bond donors (Lipinski definition) is 1. The summed E-state index contributed by atoms with van der Waals surface area (Å²) < 4.78 is 0. The van der Waals surface area contributed by atoms with Crippen molar-refractivity contribution in [2.45, 2.75) is 44.6 Å². The number of carbonyl (C=O) groups is 2. The molecule has 1 saturated carbocycles. The van der Waals surface area contributed by atoms with Crippen LogP contribution in [0.3, 0.4) is 0 Å². The van der Waals surface area contributed by atoms with Gasteiger partial charge in [0.05, 0.1) is 12.0 Å². The summed E-state index contributed by atoms with van der Waals surface area (Å²) in [5.41, 5.74) is 1.16. The summed E-state index contributed by atoms with van der Waals surface area (Å²) >= 11 is 0. The maximum absolute atomic E-state index is 12.5. The minimum absolute atomic E-state index is 0.190. The molecule has 2 fully saturated rings. The molecule has 2 atom stereocenters. The van der Waals surface area contributed by atoms with Gasteiger partial charge in [0.1, 0.15) is 0 Å². The first-order chi connectivity index (χ1) is 10.1. The zero-order chi connectivity index (χ0) is 14.8. The molecule has 1 aromatic rings. The maximum atomic E-state index is 12.5. The van der Waals surface area contributed by atoms with E-state index in [1.165, 1.54) is 19.3 Å². The van der Waals surface area contributed by atoms with Crippen molar-refractivity contribution in [3.63, 3.8) is 0 Å². The highest BCUT2D eigenvalue weighted by Gasteiger charge is 2.36. The molecule has 0 aromatic heterocycles. The third-order valence-corrected chi connectivity index (χ3v) is 4.87. The number of carboxylic acid groups (broad SMARTS) is 1. The Hall–Kier alpha value is -1.84. The van der Waals surface area contributed by atoms with Gasteiger partial charge in [0.15, 0.2) is 0 Å². The van der Waals surface area contributed by atoms with E-state index in [4.69, 9.17) is 5.11 Å². The average molecular weight is 287 g/mol. The van der Waals surface area contributed by atoms with Gasteiger partial charge in [-0.3, -0.25) is 4.79 Å². The van der Waals surface area contributed by atoms with Crippen LogP contribution in [0.1, 0.15) is 48.0 Å². The molecule has 4 heteroatoms. The highest BCUT2D eigenvalue weighted by Crippen LogP contribution is 2.36. The summed E-state index contributed by atoms with van der Waals surface area (Å²) in [7, 11) is 0. The fourth-order valence-corrected chi connectivity index (χ4v) is 3.80. The molecule has 1 aliphatic carbocycles. The molecule has 1 heterocycles. The Bertz CT molecular complexity index is 537. The Morgan fingerprint density at radius 3 is 2.52 bits per heavy atom. The van der Waals surface area contributed by atoms with E-state index in [1.54, 1.807) is 24.3 Å². The van der Waals surface area contributed by atoms with Crippen LogP contribution < -0.4 is 0 Å². The predicted molar refractivity (Wildman–Crippen MR) is 79.2 cm³/mol. The normalized spacial score (nSPS) is 24.7. The summed E-state index contributed by atoms with van der Waals surface area (Å²) in [4.78, 5) is 25.4. The number of rotatable bonds is 3. The van der Waals surface area contributed by atoms with Gasteiger partial charge in [-0.25, -0.2) is 4.79 Å². The van der Waals surface area contributed by atoms with Gasteiger partial charge in [-0.1, -0.05) is 18.6 Å². The zero-order valence-corrected chi connectivity index (χ0v) is 12.1. The summed E-state index contributed by atoms with van der Waals surface area (Å²) in [5.74, 6) is -0.0375. The minimum atomic E-state index is -0.933. The fraction of sp³-hybridized carbons (Fsp3) is 0.529. The quantitative estimate of drug-likeness (QED) is 0.930. The van der Waals surface area contributed by atoms with Crippen molar-refractivity contribution < 1.29 is 14.7 Å². The molecule has 4 nitrogen and oxygen atoms in total. The Morgan fingerprint density at radius 1 is 1.10 bits per heavy atom. The molecule has 1 N–H and O–H groups in total. The van der Waals surface area contributed by atoms with Gasteiger partial charge in [-0.15, -0.1) is 0 Å². The third kappa shape index (κ3) is 2.94. The molecular weight excluding hydrogens is 266 g/mol. The van der Waals surface area contributed by atoms with Crippen molar-refractivity contribution >= 4 is 11.9 Å². The Kier molecular flexibility index (Phi) is 3.95. The molecule has 3 rings (SSSR count). The van der Waals surface area contributed by atoms with Gasteiger partial charge in [0, 0.05) is 12.6 Å². The smallest absolute Gasteiger partial charge is 0.335 e. The maximum Gasteiger partial charge on any atom is 0.335 e. The standard InChI is InChI=1S/C17H21NO3/c19-16(11-12-6-8-14(9-7-12)17(20)21)18-10-2-4-13-3-1-5-15(13)18/h6-9,13,15H,1-5,10-11H2,(H,20,21). The first kappa shape index (κ1) is 14.1. The van der Waals surface area contributed by atoms with Crippen LogP contribution in [0.15, 0.2) is 24.3 Å². The number of fused-ring (bicyclic) bond motifs is 1. The number of carboxylic acids is 1. The molecule has 0 spiro atoms. The van der Waals surface area contributed by atoms with Gasteiger partial charge in [-0.05, 0) is 49.3 Å². The molecule has 1 aromatic carbocycles. The van der Waals surface area contributed by atoms with Crippen molar-refractivity contribution in [3.8, 4) is 0 Å². The second-order valence-corrected chi connectivity index (χ2v) is 6.17. The van der Waals surface area contributed by atoms with E-state index in [0.29, 0.717) is 18.4 Å². The number of piperidine rings is 1. The number of hydrogen-bond acceptors (Lipinski definition) is 2. The van der Waals surface area contributed by atoms with E-state index >= 15 is 0 Å². The molecule has 2 aliphatic rings. The van der Waals surface area contributed by atoms with E-state index in [9.17, 15) is 9.59 Å². The Balaban J connectivity index is 1.66. The van der Waals surface area contributed by atoms with E-state index < -0.39 is 5.97 Å². The van der Waals surface area contributed by atoms with Crippen molar-refractivity contribution in [1.29, 1.82) is 0 Å². The lowest BCUT2D eigenvalue weighted by molar-refractivity contribution is -0.135. The van der Waals surface area contributed by atoms with Crippen molar-refractivity contribution in [1.82, 2.24) is 4.90 Å². The second-order valence-electron chi connectivity index (χ2n) is 6.17. The number of likely N-dealkylation sites (tertiary alicyclic amines) is 1. The van der Waals surface area contributed by atoms with Gasteiger partial charge in [0.25, 0.3) is 0 Å². The highest BCUT2D eigenvalue weighted by molar-refractivity contribution is 5.87. The van der Waals surface area contributed by atoms with Crippen LogP contribution in [0.4, 0.5) is 0 Å². The van der Waals surface area contributed by atoms with Crippen LogP contribution in [0, 0.1) is 5.92 Å². The Morgan fingerprint density at radius 2 is 1.81 bits per heavy atom. The number of aromatic carboxylic acids is 1. The van der Waals surface area contributed by atoms with E-state index in [0.717, 1.165) is 24.9 Å². The summed E-state index contributed by atoms with van der Waals surface area (Å²) in [6.07, 6.45) is 6.41. The lowest BCUT2D eigenvalue weighted by Gasteiger charge is -2.38. The minimum Gasteiger partial charge on any atom is -0.478 e. The first-order valence-corrected chi connectivity index (χ1v) is 7.77. The van der Waals surface area contributed by atoms with Crippen molar-refractivity contribution in [3.05, 3.63) is 35.4 Å². The van der Waals surface area contributed by atoms with Crippen molar-refractivity contribution in [2.24, 2.45) is 5.92 Å². The van der Waals surface area contributed by atoms with E-state index in [2.05, 4.69) is 4.90 Å². The lowest BCUT2D eigenvalue weighted by atomic mass is 9.91. The molecule has 21 heavy (non-hydrogen) atoms. The number of carbonyl (C=O) groups excluding carboxylic acids is 1. The number of amides is 1. The lowest BCUT2D eigenvalue weighted by Crippen LogP contribution is -2.46. The topological polar surface area (TPSA) is 57.6 Å². The van der Waals surface area contributed by atoms with Crippen LogP contribution in [0.2, 0.25) is 0 Å². The summed E-state index contributed by atoms with van der Waals surface area (Å²) in [6, 6.07) is 7.08. The van der Waals surface area contributed by atoms with Crippen LogP contribution in [0.5, 0.6) is 0 Å². The summed E-state index contributed by atoms with van der Waals surface area (Å²) in [5, 5.41) is 8.89. The zero-order valence-electron chi connectivity index (χ0n) is 12.1. The van der Waals surface area contributed by atoms with Crippen LogP contribution in [-0.2, 0) is 11.2 Å². The van der Waals surface area contributed by atoms with Gasteiger partial charge < -0.3 is 10.0 Å². The summed E-state index contributed by atoms with van der Waals surface area (Å²) in [6.45, 7) is 0.882. The third-order valence-electron chi connectivity index (χ3n) is 4.87. The van der Waals surface area contributed by atoms with Gasteiger partial charge in [0.2, 0.25) is 5.91 Å². The largest absolute Gasteiger partial charge is 0.478 e. The fourth-order valence-electron chi connectivity index (χ4n) is 3.80. The monoisotopic (exact) mass is 287 g/mol. The second kappa shape index (κ2) is 5.88. The first-order valence-electron chi connectivity index (χ1n) is 7.77. The van der Waals surface area contributed by atoms with Gasteiger partial charge >= 0.3 is 5.97 Å². The van der Waals surface area contributed by atoms with E-state index in [1.807, 2.05) is 0 Å². The molecule has 112 valence electrons.